The summed E-state index contributed by atoms with van der Waals surface area (Å²) in [6.07, 6.45) is 3.17. The van der Waals surface area contributed by atoms with Gasteiger partial charge in [0, 0.05) is 11.7 Å². The van der Waals surface area contributed by atoms with Crippen molar-refractivity contribution in [2.24, 2.45) is 0 Å². The van der Waals surface area contributed by atoms with Gasteiger partial charge in [0.1, 0.15) is 17.4 Å². The maximum atomic E-state index is 12.7. The van der Waals surface area contributed by atoms with Crippen molar-refractivity contribution >= 4 is 23.6 Å². The molecular weight excluding hydrogens is 368 g/mol. The Balaban J connectivity index is 1.68. The Morgan fingerprint density at radius 3 is 2.62 bits per heavy atom. The van der Waals surface area contributed by atoms with Crippen LogP contribution in [0.4, 0.5) is 5.69 Å². The highest BCUT2D eigenvalue weighted by molar-refractivity contribution is 6.01. The summed E-state index contributed by atoms with van der Waals surface area (Å²) in [5, 5.41) is 9.31. The van der Waals surface area contributed by atoms with Crippen LogP contribution in [0.25, 0.3) is 6.08 Å². The molecule has 0 aromatic heterocycles. The average Bonchev–Trinajstić information content (AvgIpc) is 2.75. The van der Waals surface area contributed by atoms with Gasteiger partial charge in [0.05, 0.1) is 7.11 Å². The van der Waals surface area contributed by atoms with Crippen molar-refractivity contribution in [3.63, 3.8) is 0 Å². The van der Waals surface area contributed by atoms with Gasteiger partial charge in [-0.25, -0.2) is 4.79 Å². The molecule has 148 valence electrons. The van der Waals surface area contributed by atoms with Crippen LogP contribution in [0, 0.1) is 11.3 Å². The van der Waals surface area contributed by atoms with Crippen molar-refractivity contribution in [3.8, 4) is 11.8 Å². The molecular formula is C23H22N2O4. The number of hydrogen-bond donors (Lipinski definition) is 0. The first-order chi connectivity index (χ1) is 14.0. The van der Waals surface area contributed by atoms with Gasteiger partial charge in [0.2, 0.25) is 0 Å². The highest BCUT2D eigenvalue weighted by Gasteiger charge is 2.28. The number of nitriles is 1. The number of carbonyl (C=O) groups is 2. The normalized spacial score (nSPS) is 15.8. The van der Waals surface area contributed by atoms with Gasteiger partial charge in [-0.2, -0.15) is 5.26 Å². The maximum absolute atomic E-state index is 12.7. The van der Waals surface area contributed by atoms with Crippen molar-refractivity contribution < 1.29 is 19.1 Å². The van der Waals surface area contributed by atoms with Crippen LogP contribution < -0.4 is 9.64 Å². The number of carbonyl (C=O) groups excluding carboxylic acids is 2. The minimum atomic E-state index is -0.824. The van der Waals surface area contributed by atoms with Crippen LogP contribution in [0.3, 0.4) is 0 Å². The number of benzene rings is 2. The van der Waals surface area contributed by atoms with Gasteiger partial charge in [0.15, 0.2) is 6.61 Å². The second-order valence-corrected chi connectivity index (χ2v) is 6.80. The molecule has 6 heteroatoms. The summed E-state index contributed by atoms with van der Waals surface area (Å²) in [6, 6.07) is 16.5. The number of amides is 1. The quantitative estimate of drug-likeness (QED) is 0.443. The third-order valence-electron chi connectivity index (χ3n) is 4.89. The second-order valence-electron chi connectivity index (χ2n) is 6.80. The van der Waals surface area contributed by atoms with Crippen molar-refractivity contribution in [2.45, 2.75) is 25.8 Å². The van der Waals surface area contributed by atoms with E-state index in [0.29, 0.717) is 11.3 Å². The summed E-state index contributed by atoms with van der Waals surface area (Å²) in [5.74, 6) is -0.459. The van der Waals surface area contributed by atoms with Gasteiger partial charge < -0.3 is 14.4 Å². The number of methoxy groups -OCH3 is 1. The summed E-state index contributed by atoms with van der Waals surface area (Å²) < 4.78 is 10.2. The zero-order chi connectivity index (χ0) is 20.8. The van der Waals surface area contributed by atoms with E-state index in [0.717, 1.165) is 24.1 Å². The van der Waals surface area contributed by atoms with Crippen LogP contribution in [0.5, 0.6) is 5.75 Å². The summed E-state index contributed by atoms with van der Waals surface area (Å²) in [5.41, 5.74) is 2.43. The van der Waals surface area contributed by atoms with Crippen molar-refractivity contribution in [3.05, 3.63) is 65.2 Å². The maximum Gasteiger partial charge on any atom is 0.349 e. The molecule has 1 atom stereocenters. The number of anilines is 1. The summed E-state index contributed by atoms with van der Waals surface area (Å²) in [4.78, 5) is 26.7. The molecule has 0 saturated heterocycles. The Kier molecular flexibility index (Phi) is 6.30. The molecule has 2 aromatic rings. The van der Waals surface area contributed by atoms with Crippen molar-refractivity contribution in [1.82, 2.24) is 0 Å². The van der Waals surface area contributed by atoms with Crippen molar-refractivity contribution in [2.75, 3.05) is 18.6 Å². The van der Waals surface area contributed by atoms with Crippen LogP contribution in [-0.2, 0) is 20.7 Å². The molecule has 1 heterocycles. The van der Waals surface area contributed by atoms with Crippen molar-refractivity contribution in [1.29, 1.82) is 5.26 Å². The first-order valence-corrected chi connectivity index (χ1v) is 9.36. The van der Waals surface area contributed by atoms with E-state index in [1.807, 2.05) is 37.3 Å². The van der Waals surface area contributed by atoms with E-state index in [2.05, 4.69) is 0 Å². The molecule has 1 amide bonds. The number of para-hydroxylation sites is 1. The van der Waals surface area contributed by atoms with Gasteiger partial charge >= 0.3 is 5.97 Å². The first kappa shape index (κ1) is 20.2. The number of fused-ring (bicyclic) bond motifs is 1. The minimum Gasteiger partial charge on any atom is -0.497 e. The van der Waals surface area contributed by atoms with Crippen LogP contribution in [0.2, 0.25) is 0 Å². The van der Waals surface area contributed by atoms with Crippen LogP contribution >= 0.6 is 0 Å². The Labute approximate surface area is 170 Å². The average molecular weight is 390 g/mol. The molecule has 0 spiro atoms. The molecule has 0 fully saturated rings. The third kappa shape index (κ3) is 4.64. The third-order valence-corrected chi connectivity index (χ3v) is 4.89. The Morgan fingerprint density at radius 2 is 1.93 bits per heavy atom. The van der Waals surface area contributed by atoms with Crippen LogP contribution in [0.15, 0.2) is 54.1 Å². The van der Waals surface area contributed by atoms with Gasteiger partial charge in [-0.1, -0.05) is 30.3 Å². The molecule has 0 bridgehead atoms. The van der Waals surface area contributed by atoms with E-state index in [9.17, 15) is 14.9 Å². The molecule has 0 radical (unpaired) electrons. The van der Waals surface area contributed by atoms with E-state index in [1.54, 1.807) is 36.3 Å². The van der Waals surface area contributed by atoms with Gasteiger partial charge in [0.25, 0.3) is 5.91 Å². The van der Waals surface area contributed by atoms with Gasteiger partial charge in [-0.15, -0.1) is 0 Å². The van der Waals surface area contributed by atoms with E-state index >= 15 is 0 Å². The van der Waals surface area contributed by atoms with Crippen LogP contribution in [-0.4, -0.2) is 31.6 Å². The smallest absolute Gasteiger partial charge is 0.349 e. The number of hydrogen-bond acceptors (Lipinski definition) is 5. The lowest BCUT2D eigenvalue weighted by atomic mass is 9.96. The predicted octanol–water partition coefficient (Wildman–Crippen LogP) is 3.51. The van der Waals surface area contributed by atoms with E-state index in [-0.39, 0.29) is 17.5 Å². The molecule has 29 heavy (non-hydrogen) atoms. The highest BCUT2D eigenvalue weighted by atomic mass is 16.5. The van der Waals surface area contributed by atoms with E-state index in [1.165, 1.54) is 6.08 Å². The summed E-state index contributed by atoms with van der Waals surface area (Å²) in [6.45, 7) is 1.55. The predicted molar refractivity (Wildman–Crippen MR) is 109 cm³/mol. The largest absolute Gasteiger partial charge is 0.497 e. The number of ether oxygens (including phenoxy) is 2. The lowest BCUT2D eigenvalue weighted by Gasteiger charge is -2.35. The second kappa shape index (κ2) is 9.07. The summed E-state index contributed by atoms with van der Waals surface area (Å²) >= 11 is 0. The topological polar surface area (TPSA) is 79.6 Å². The zero-order valence-corrected chi connectivity index (χ0v) is 16.4. The monoisotopic (exact) mass is 390 g/mol. The molecule has 0 N–H and O–H groups in total. The molecule has 1 unspecified atom stereocenters. The fraction of sp³-hybridized carbons (Fsp3) is 0.261. The fourth-order valence-electron chi connectivity index (χ4n) is 3.35. The minimum absolute atomic E-state index is 0.0152. The van der Waals surface area contributed by atoms with Gasteiger partial charge in [-0.05, 0) is 55.2 Å². The number of rotatable bonds is 5. The SMILES string of the molecule is COc1ccc(/C=C(\C#N)C(=O)OCC(=O)N2c3ccccc3CCC2C)cc1. The molecule has 3 rings (SSSR count). The lowest BCUT2D eigenvalue weighted by Crippen LogP contribution is -2.44. The number of esters is 1. The molecule has 0 aliphatic carbocycles. The number of aryl methyl sites for hydroxylation is 1. The molecule has 6 nitrogen and oxygen atoms in total. The molecule has 1 aliphatic heterocycles. The van der Waals surface area contributed by atoms with Gasteiger partial charge in [-0.3, -0.25) is 4.79 Å². The van der Waals surface area contributed by atoms with E-state index < -0.39 is 12.6 Å². The molecule has 2 aromatic carbocycles. The van der Waals surface area contributed by atoms with Crippen LogP contribution in [0.1, 0.15) is 24.5 Å². The summed E-state index contributed by atoms with van der Waals surface area (Å²) in [7, 11) is 1.56. The molecule has 0 saturated carbocycles. The zero-order valence-electron chi connectivity index (χ0n) is 16.4. The van der Waals surface area contributed by atoms with E-state index in [4.69, 9.17) is 9.47 Å². The standard InChI is InChI=1S/C23H22N2O4/c1-16-7-10-18-5-3-4-6-21(18)25(16)22(26)15-29-23(27)19(14-24)13-17-8-11-20(28-2)12-9-17/h3-6,8-9,11-13,16H,7,10,15H2,1-2H3/b19-13+. The highest BCUT2D eigenvalue weighted by Crippen LogP contribution is 2.30. The fourth-order valence-corrected chi connectivity index (χ4v) is 3.35. The number of nitrogens with zero attached hydrogens (tertiary/aromatic N) is 2. The molecule has 1 aliphatic rings. The first-order valence-electron chi connectivity index (χ1n) is 9.36. The Morgan fingerprint density at radius 1 is 1.21 bits per heavy atom. The Hall–Kier alpha value is -3.59. The lowest BCUT2D eigenvalue weighted by molar-refractivity contribution is -0.143. The Bertz CT molecular complexity index is 973.